The summed E-state index contributed by atoms with van der Waals surface area (Å²) in [6.07, 6.45) is 0.758. The molecule has 0 aliphatic carbocycles. The molecule has 15 heavy (non-hydrogen) atoms. The van der Waals surface area contributed by atoms with E-state index in [1.807, 2.05) is 20.8 Å². The van der Waals surface area contributed by atoms with Gasteiger partial charge in [-0.25, -0.2) is 8.78 Å². The molecule has 0 aliphatic heterocycles. The van der Waals surface area contributed by atoms with Crippen molar-refractivity contribution in [1.82, 2.24) is 0 Å². The van der Waals surface area contributed by atoms with Gasteiger partial charge < -0.3 is 0 Å². The van der Waals surface area contributed by atoms with Crippen LogP contribution >= 0.6 is 0 Å². The third kappa shape index (κ3) is 6.00. The van der Waals surface area contributed by atoms with Crippen LogP contribution in [0.4, 0.5) is 17.6 Å². The van der Waals surface area contributed by atoms with Gasteiger partial charge in [-0.3, -0.25) is 0 Å². The van der Waals surface area contributed by atoms with Crippen LogP contribution in [-0.2, 0) is 0 Å². The number of hydrogen-bond donors (Lipinski definition) is 0. The summed E-state index contributed by atoms with van der Waals surface area (Å²) in [5, 5.41) is 0. The Morgan fingerprint density at radius 1 is 0.733 bits per heavy atom. The van der Waals surface area contributed by atoms with Crippen LogP contribution in [0.5, 0.6) is 0 Å². The van der Waals surface area contributed by atoms with Gasteiger partial charge in [0.1, 0.15) is 0 Å². The Kier molecular flexibility index (Phi) is 4.62. The van der Waals surface area contributed by atoms with E-state index < -0.39 is 18.3 Å². The summed E-state index contributed by atoms with van der Waals surface area (Å²) in [7, 11) is 0. The lowest BCUT2D eigenvalue weighted by atomic mass is 9.89. The van der Waals surface area contributed by atoms with E-state index in [2.05, 4.69) is 0 Å². The first kappa shape index (κ1) is 14.7. The summed E-state index contributed by atoms with van der Waals surface area (Å²) in [6, 6.07) is 0. The standard InChI is InChI=1S/C11H20F4/c1-9(2,3)7-5-6-8-11(14,15)10(4,12)13/h5-8H2,1-4H3. The van der Waals surface area contributed by atoms with Crippen molar-refractivity contribution >= 4 is 0 Å². The first-order chi connectivity index (χ1) is 6.46. The first-order valence-electron chi connectivity index (χ1n) is 5.21. The van der Waals surface area contributed by atoms with E-state index in [0.29, 0.717) is 6.42 Å². The molecule has 0 fully saturated rings. The summed E-state index contributed by atoms with van der Waals surface area (Å²) < 4.78 is 50.4. The molecule has 0 saturated carbocycles. The maximum atomic E-state index is 12.8. The fourth-order valence-electron chi connectivity index (χ4n) is 1.22. The number of alkyl halides is 4. The second kappa shape index (κ2) is 4.71. The molecular weight excluding hydrogens is 208 g/mol. The van der Waals surface area contributed by atoms with Crippen LogP contribution in [0.2, 0.25) is 0 Å². The molecule has 0 aliphatic rings. The molecule has 0 spiro atoms. The number of rotatable bonds is 5. The molecule has 0 nitrogen and oxygen atoms in total. The lowest BCUT2D eigenvalue weighted by Gasteiger charge is -2.24. The van der Waals surface area contributed by atoms with Gasteiger partial charge in [0.15, 0.2) is 0 Å². The van der Waals surface area contributed by atoms with Gasteiger partial charge in [-0.15, -0.1) is 0 Å². The summed E-state index contributed by atoms with van der Waals surface area (Å²) in [4.78, 5) is 0. The molecule has 4 heteroatoms. The van der Waals surface area contributed by atoms with Crippen LogP contribution in [-0.4, -0.2) is 11.8 Å². The Labute approximate surface area is 89.1 Å². The molecule has 0 heterocycles. The molecule has 0 amide bonds. The van der Waals surface area contributed by atoms with Crippen LogP contribution < -0.4 is 0 Å². The van der Waals surface area contributed by atoms with Gasteiger partial charge in [-0.2, -0.15) is 8.78 Å². The molecule has 0 aromatic heterocycles. The van der Waals surface area contributed by atoms with E-state index in [1.54, 1.807) is 0 Å². The highest BCUT2D eigenvalue weighted by atomic mass is 19.3. The highest BCUT2D eigenvalue weighted by Gasteiger charge is 2.51. The van der Waals surface area contributed by atoms with Crippen LogP contribution in [0.25, 0.3) is 0 Å². The zero-order valence-electron chi connectivity index (χ0n) is 9.84. The molecule has 92 valence electrons. The monoisotopic (exact) mass is 228 g/mol. The molecule has 0 atom stereocenters. The Balaban J connectivity index is 3.87. The topological polar surface area (TPSA) is 0 Å². The molecular formula is C11H20F4. The van der Waals surface area contributed by atoms with Crippen molar-refractivity contribution in [3.63, 3.8) is 0 Å². The smallest absolute Gasteiger partial charge is 0.200 e. The quantitative estimate of drug-likeness (QED) is 0.464. The summed E-state index contributed by atoms with van der Waals surface area (Å²) in [5.74, 6) is -7.78. The van der Waals surface area contributed by atoms with Gasteiger partial charge in [-0.05, 0) is 18.3 Å². The molecule has 0 unspecified atom stereocenters. The molecule has 0 radical (unpaired) electrons. The van der Waals surface area contributed by atoms with E-state index in [4.69, 9.17) is 0 Å². The Bertz CT molecular complexity index is 186. The summed E-state index contributed by atoms with van der Waals surface area (Å²) >= 11 is 0. The Hall–Kier alpha value is -0.280. The van der Waals surface area contributed by atoms with Crippen LogP contribution in [0.3, 0.4) is 0 Å². The highest BCUT2D eigenvalue weighted by molar-refractivity contribution is 4.80. The minimum absolute atomic E-state index is 0.0734. The maximum absolute atomic E-state index is 12.8. The number of halogens is 4. The van der Waals surface area contributed by atoms with Crippen molar-refractivity contribution in [2.75, 3.05) is 0 Å². The second-order valence-electron chi connectivity index (χ2n) is 5.36. The van der Waals surface area contributed by atoms with E-state index in [9.17, 15) is 17.6 Å². The van der Waals surface area contributed by atoms with E-state index in [0.717, 1.165) is 6.42 Å². The average Bonchev–Trinajstić information content (AvgIpc) is 1.94. The van der Waals surface area contributed by atoms with Crippen molar-refractivity contribution in [1.29, 1.82) is 0 Å². The lowest BCUT2D eigenvalue weighted by molar-refractivity contribution is -0.201. The molecule has 0 saturated heterocycles. The maximum Gasteiger partial charge on any atom is 0.309 e. The highest BCUT2D eigenvalue weighted by Crippen LogP contribution is 2.38. The number of hydrogen-bond acceptors (Lipinski definition) is 0. The Morgan fingerprint density at radius 2 is 1.13 bits per heavy atom. The fourth-order valence-corrected chi connectivity index (χ4v) is 1.22. The fraction of sp³-hybridized carbons (Fsp3) is 1.00. The van der Waals surface area contributed by atoms with Gasteiger partial charge in [0.05, 0.1) is 0 Å². The van der Waals surface area contributed by atoms with Crippen LogP contribution in [0.15, 0.2) is 0 Å². The largest absolute Gasteiger partial charge is 0.309 e. The molecule has 0 bridgehead atoms. The molecule has 0 aromatic carbocycles. The molecule has 0 N–H and O–H groups in total. The van der Waals surface area contributed by atoms with Crippen LogP contribution in [0.1, 0.15) is 53.4 Å². The Morgan fingerprint density at radius 3 is 1.47 bits per heavy atom. The average molecular weight is 228 g/mol. The minimum Gasteiger partial charge on any atom is -0.200 e. The van der Waals surface area contributed by atoms with Crippen molar-refractivity contribution < 1.29 is 17.6 Å². The first-order valence-corrected chi connectivity index (χ1v) is 5.21. The van der Waals surface area contributed by atoms with Gasteiger partial charge in [0.25, 0.3) is 0 Å². The van der Waals surface area contributed by atoms with Crippen molar-refractivity contribution in [3.05, 3.63) is 0 Å². The van der Waals surface area contributed by atoms with E-state index >= 15 is 0 Å². The number of unbranched alkanes of at least 4 members (excludes halogenated alkanes) is 1. The minimum atomic E-state index is -3.91. The van der Waals surface area contributed by atoms with Gasteiger partial charge in [0, 0.05) is 13.3 Å². The summed E-state index contributed by atoms with van der Waals surface area (Å²) in [6.45, 7) is 6.27. The predicted octanol–water partition coefficient (Wildman–Crippen LogP) is 4.88. The van der Waals surface area contributed by atoms with Crippen LogP contribution in [0, 0.1) is 5.41 Å². The second-order valence-corrected chi connectivity index (χ2v) is 5.36. The molecule has 0 rings (SSSR count). The van der Waals surface area contributed by atoms with E-state index in [-0.39, 0.29) is 18.8 Å². The zero-order chi connectivity index (χ0) is 12.3. The van der Waals surface area contributed by atoms with Crippen molar-refractivity contribution in [2.45, 2.75) is 65.2 Å². The predicted molar refractivity (Wildman–Crippen MR) is 53.5 cm³/mol. The lowest BCUT2D eigenvalue weighted by Crippen LogP contribution is -2.37. The van der Waals surface area contributed by atoms with Gasteiger partial charge in [0.2, 0.25) is 0 Å². The third-order valence-corrected chi connectivity index (χ3v) is 2.31. The van der Waals surface area contributed by atoms with Gasteiger partial charge >= 0.3 is 11.8 Å². The third-order valence-electron chi connectivity index (χ3n) is 2.31. The van der Waals surface area contributed by atoms with Gasteiger partial charge in [-0.1, -0.05) is 27.2 Å². The van der Waals surface area contributed by atoms with E-state index in [1.165, 1.54) is 0 Å². The SMILES string of the molecule is CC(C)(C)CCCCC(F)(F)C(C)(F)F. The zero-order valence-corrected chi connectivity index (χ0v) is 9.84. The van der Waals surface area contributed by atoms with Crippen molar-refractivity contribution in [3.8, 4) is 0 Å². The normalized spacial score (nSPS) is 14.4. The summed E-state index contributed by atoms with van der Waals surface area (Å²) in [5.41, 5.74) is 0.0734. The molecule has 0 aromatic rings. The van der Waals surface area contributed by atoms with Crippen molar-refractivity contribution in [2.24, 2.45) is 5.41 Å².